The highest BCUT2D eigenvalue weighted by molar-refractivity contribution is 7.91. The first-order valence-corrected chi connectivity index (χ1v) is 6.80. The fraction of sp³-hybridized carbons (Fsp3) is 0.364. The van der Waals surface area contributed by atoms with E-state index in [4.69, 9.17) is 0 Å². The highest BCUT2D eigenvalue weighted by Crippen LogP contribution is 2.22. The van der Waals surface area contributed by atoms with Crippen molar-refractivity contribution in [2.45, 2.75) is 6.42 Å². The van der Waals surface area contributed by atoms with Crippen molar-refractivity contribution in [3.8, 4) is 0 Å². The van der Waals surface area contributed by atoms with Crippen LogP contribution >= 0.6 is 0 Å². The number of Topliss-reactive ketones (excluding diaryl/α,β-unsaturated/α-hetero) is 1. The molecule has 1 aliphatic rings. The minimum Gasteiger partial charge on any atom is -0.294 e. The second-order valence-corrected chi connectivity index (χ2v) is 6.20. The maximum absolute atomic E-state index is 12.6. The predicted molar refractivity (Wildman–Crippen MR) is 57.5 cm³/mol. The topological polar surface area (TPSA) is 51.2 Å². The van der Waals surface area contributed by atoms with Crippen LogP contribution < -0.4 is 0 Å². The van der Waals surface area contributed by atoms with E-state index in [2.05, 4.69) is 0 Å². The number of benzene rings is 1. The summed E-state index contributed by atoms with van der Waals surface area (Å²) in [5.41, 5.74) is 0.378. The fourth-order valence-corrected chi connectivity index (χ4v) is 3.59. The van der Waals surface area contributed by atoms with Crippen molar-refractivity contribution in [2.75, 3.05) is 11.5 Å². The van der Waals surface area contributed by atoms with Gasteiger partial charge in [-0.05, 0) is 30.7 Å². The fourth-order valence-electron chi connectivity index (χ4n) is 1.85. The van der Waals surface area contributed by atoms with E-state index in [9.17, 15) is 17.6 Å². The van der Waals surface area contributed by atoms with Gasteiger partial charge >= 0.3 is 0 Å². The molecule has 2 rings (SSSR count). The lowest BCUT2D eigenvalue weighted by molar-refractivity contribution is 0.0933. The molecule has 1 aliphatic heterocycles. The van der Waals surface area contributed by atoms with Crippen LogP contribution in [0, 0.1) is 11.7 Å². The summed E-state index contributed by atoms with van der Waals surface area (Å²) in [7, 11) is -3.05. The van der Waals surface area contributed by atoms with Crippen LogP contribution in [0.4, 0.5) is 4.39 Å². The zero-order valence-corrected chi connectivity index (χ0v) is 9.34. The molecule has 0 radical (unpaired) electrons. The van der Waals surface area contributed by atoms with Crippen molar-refractivity contribution in [2.24, 2.45) is 5.92 Å². The Kier molecular flexibility index (Phi) is 2.80. The van der Waals surface area contributed by atoms with Crippen LogP contribution in [0.5, 0.6) is 0 Å². The molecule has 16 heavy (non-hydrogen) atoms. The molecule has 5 heteroatoms. The number of hydrogen-bond acceptors (Lipinski definition) is 3. The smallest absolute Gasteiger partial charge is 0.166 e. The molecule has 0 aliphatic carbocycles. The summed E-state index contributed by atoms with van der Waals surface area (Å²) in [6.45, 7) is 0. The molecule has 1 saturated heterocycles. The molecule has 1 aromatic rings. The van der Waals surface area contributed by atoms with Gasteiger partial charge in [-0.25, -0.2) is 12.8 Å². The van der Waals surface area contributed by atoms with E-state index in [1.54, 1.807) is 0 Å². The highest BCUT2D eigenvalue weighted by Gasteiger charge is 2.33. The van der Waals surface area contributed by atoms with Gasteiger partial charge in [0.2, 0.25) is 0 Å². The molecular formula is C11H11FO3S. The van der Waals surface area contributed by atoms with Gasteiger partial charge in [-0.3, -0.25) is 4.79 Å². The average Bonchev–Trinajstić information content (AvgIpc) is 2.59. The Morgan fingerprint density at radius 3 is 2.38 bits per heavy atom. The summed E-state index contributed by atoms with van der Waals surface area (Å²) in [6.07, 6.45) is 0.374. The maximum atomic E-state index is 12.6. The first kappa shape index (κ1) is 11.3. The number of rotatable bonds is 2. The number of carbonyl (C=O) groups is 1. The Balaban J connectivity index is 2.18. The van der Waals surface area contributed by atoms with Crippen LogP contribution in [0.15, 0.2) is 24.3 Å². The van der Waals surface area contributed by atoms with Crippen LogP contribution in [-0.2, 0) is 9.84 Å². The summed E-state index contributed by atoms with van der Waals surface area (Å²) in [6, 6.07) is 5.19. The SMILES string of the molecule is O=C(c1ccc(F)cc1)C1CCS(=O)(=O)C1. The van der Waals surface area contributed by atoms with Gasteiger partial charge in [0.15, 0.2) is 15.6 Å². The van der Waals surface area contributed by atoms with E-state index in [1.807, 2.05) is 0 Å². The first-order chi connectivity index (χ1) is 7.48. The Hall–Kier alpha value is -1.23. The molecule has 1 atom stereocenters. The third kappa shape index (κ3) is 2.29. The number of sulfone groups is 1. The number of ketones is 1. The highest BCUT2D eigenvalue weighted by atomic mass is 32.2. The van der Waals surface area contributed by atoms with Crippen LogP contribution in [-0.4, -0.2) is 25.7 Å². The van der Waals surface area contributed by atoms with E-state index < -0.39 is 21.6 Å². The lowest BCUT2D eigenvalue weighted by atomic mass is 9.97. The zero-order valence-electron chi connectivity index (χ0n) is 8.52. The monoisotopic (exact) mass is 242 g/mol. The molecule has 0 saturated carbocycles. The van der Waals surface area contributed by atoms with E-state index in [0.29, 0.717) is 12.0 Å². The summed E-state index contributed by atoms with van der Waals surface area (Å²) < 4.78 is 35.1. The number of hydrogen-bond donors (Lipinski definition) is 0. The molecule has 0 spiro atoms. The molecule has 86 valence electrons. The minimum absolute atomic E-state index is 0.0740. The molecule has 1 aromatic carbocycles. The largest absolute Gasteiger partial charge is 0.294 e. The Bertz CT molecular complexity index is 505. The van der Waals surface area contributed by atoms with E-state index >= 15 is 0 Å². The summed E-state index contributed by atoms with van der Waals surface area (Å²) in [5, 5.41) is 0. The number of halogens is 1. The van der Waals surface area contributed by atoms with Crippen molar-refractivity contribution in [1.82, 2.24) is 0 Å². The lowest BCUT2D eigenvalue weighted by Gasteiger charge is -2.05. The zero-order chi connectivity index (χ0) is 11.8. The third-order valence-corrected chi connectivity index (χ3v) is 4.50. The van der Waals surface area contributed by atoms with E-state index in [0.717, 1.165) is 0 Å². The standard InChI is InChI=1S/C11H11FO3S/c12-10-3-1-8(2-4-10)11(13)9-5-6-16(14,15)7-9/h1-4,9H,5-7H2. The Morgan fingerprint density at radius 2 is 1.88 bits per heavy atom. The molecule has 3 nitrogen and oxygen atoms in total. The van der Waals surface area contributed by atoms with Gasteiger partial charge in [-0.15, -0.1) is 0 Å². The number of carbonyl (C=O) groups excluding carboxylic acids is 1. The Labute approximate surface area is 93.2 Å². The first-order valence-electron chi connectivity index (χ1n) is 4.98. The van der Waals surface area contributed by atoms with Crippen LogP contribution in [0.3, 0.4) is 0 Å². The van der Waals surface area contributed by atoms with Crippen molar-refractivity contribution < 1.29 is 17.6 Å². The Morgan fingerprint density at radius 1 is 1.25 bits per heavy atom. The minimum atomic E-state index is -3.05. The van der Waals surface area contributed by atoms with Gasteiger partial charge in [-0.1, -0.05) is 0 Å². The maximum Gasteiger partial charge on any atom is 0.166 e. The lowest BCUT2D eigenvalue weighted by Crippen LogP contribution is -2.16. The van der Waals surface area contributed by atoms with E-state index in [1.165, 1.54) is 24.3 Å². The van der Waals surface area contributed by atoms with Crippen molar-refractivity contribution in [3.63, 3.8) is 0 Å². The van der Waals surface area contributed by atoms with Crippen LogP contribution in [0.2, 0.25) is 0 Å². The van der Waals surface area contributed by atoms with Gasteiger partial charge in [0.1, 0.15) is 5.82 Å². The molecular weight excluding hydrogens is 231 g/mol. The normalized spacial score (nSPS) is 23.2. The summed E-state index contributed by atoms with van der Waals surface area (Å²) in [4.78, 5) is 11.9. The van der Waals surface area contributed by atoms with E-state index in [-0.39, 0.29) is 17.3 Å². The van der Waals surface area contributed by atoms with Gasteiger partial charge in [-0.2, -0.15) is 0 Å². The molecule has 0 aromatic heterocycles. The molecule has 0 amide bonds. The van der Waals surface area contributed by atoms with Gasteiger partial charge < -0.3 is 0 Å². The van der Waals surface area contributed by atoms with Crippen LogP contribution in [0.25, 0.3) is 0 Å². The third-order valence-electron chi connectivity index (χ3n) is 2.73. The van der Waals surface area contributed by atoms with Gasteiger partial charge in [0.25, 0.3) is 0 Å². The average molecular weight is 242 g/mol. The molecule has 0 N–H and O–H groups in total. The van der Waals surface area contributed by atoms with Crippen molar-refractivity contribution >= 4 is 15.6 Å². The molecule has 0 bridgehead atoms. The summed E-state index contributed by atoms with van der Waals surface area (Å²) in [5.74, 6) is -1.08. The van der Waals surface area contributed by atoms with Gasteiger partial charge in [0.05, 0.1) is 11.5 Å². The second kappa shape index (κ2) is 3.97. The molecule has 1 heterocycles. The van der Waals surface area contributed by atoms with Crippen molar-refractivity contribution in [1.29, 1.82) is 0 Å². The van der Waals surface area contributed by atoms with Crippen molar-refractivity contribution in [3.05, 3.63) is 35.6 Å². The summed E-state index contributed by atoms with van der Waals surface area (Å²) >= 11 is 0. The van der Waals surface area contributed by atoms with Gasteiger partial charge in [0, 0.05) is 11.5 Å². The van der Waals surface area contributed by atoms with Crippen LogP contribution in [0.1, 0.15) is 16.8 Å². The quantitative estimate of drug-likeness (QED) is 0.737. The molecule has 1 fully saturated rings. The second-order valence-electron chi connectivity index (χ2n) is 3.97. The predicted octanol–water partition coefficient (Wildman–Crippen LogP) is 1.44. The molecule has 1 unspecified atom stereocenters.